The zero-order valence-corrected chi connectivity index (χ0v) is 11.8. The van der Waals surface area contributed by atoms with Crippen molar-refractivity contribution in [3.8, 4) is 0 Å². The van der Waals surface area contributed by atoms with Crippen molar-refractivity contribution >= 4 is 0 Å². The lowest BCUT2D eigenvalue weighted by Gasteiger charge is -2.46. The second-order valence-corrected chi connectivity index (χ2v) is 6.15. The van der Waals surface area contributed by atoms with Crippen LogP contribution in [0.25, 0.3) is 0 Å². The van der Waals surface area contributed by atoms with Gasteiger partial charge in [-0.05, 0) is 41.9 Å². The molecule has 1 heteroatoms. The fourth-order valence-electron chi connectivity index (χ4n) is 4.00. The van der Waals surface area contributed by atoms with E-state index in [0.717, 1.165) is 5.92 Å². The van der Waals surface area contributed by atoms with E-state index in [1.54, 1.807) is 11.1 Å². The molecule has 2 atom stereocenters. The molecule has 3 aliphatic rings. The fraction of sp³-hybridized carbons (Fsp3) is 0.368. The Morgan fingerprint density at radius 2 is 1.60 bits per heavy atom. The number of hydrogen-bond donors (Lipinski definition) is 0. The first kappa shape index (κ1) is 12.2. The maximum Gasteiger partial charge on any atom is 0.0351 e. The Morgan fingerprint density at radius 3 is 2.45 bits per heavy atom. The molecule has 5 rings (SSSR count). The minimum atomic E-state index is 0.667. The third-order valence-electron chi connectivity index (χ3n) is 5.01. The Kier molecular flexibility index (Phi) is 3.08. The molecule has 0 amide bonds. The van der Waals surface area contributed by atoms with Gasteiger partial charge in [-0.15, -0.1) is 0 Å². The van der Waals surface area contributed by atoms with Crippen LogP contribution in [-0.2, 0) is 6.42 Å². The molecule has 0 unspecified atom stereocenters. The molecule has 0 N–H and O–H groups in total. The van der Waals surface area contributed by atoms with Gasteiger partial charge in [0.15, 0.2) is 0 Å². The van der Waals surface area contributed by atoms with E-state index in [4.69, 9.17) is 0 Å². The second kappa shape index (κ2) is 5.06. The van der Waals surface area contributed by atoms with Crippen LogP contribution < -0.4 is 0 Å². The number of nitrogens with zero attached hydrogens (tertiary/aromatic N) is 1. The molecule has 102 valence electrons. The van der Waals surface area contributed by atoms with E-state index in [1.165, 1.54) is 37.9 Å². The standard InChI is InChI=1S/C19H21N/c1-2-6-15(7-3-1)12-13-20-14-16-10-11-19(20)18-9-5-4-8-17(16)18/h1-9,16,19H,10-14H2/t16-,19-/m0/s1. The highest BCUT2D eigenvalue weighted by Gasteiger charge is 2.37. The van der Waals surface area contributed by atoms with Crippen molar-refractivity contribution in [3.05, 3.63) is 71.3 Å². The van der Waals surface area contributed by atoms with Gasteiger partial charge in [-0.2, -0.15) is 0 Å². The molecular weight excluding hydrogens is 242 g/mol. The third kappa shape index (κ3) is 2.06. The van der Waals surface area contributed by atoms with E-state index in [-0.39, 0.29) is 0 Å². The second-order valence-electron chi connectivity index (χ2n) is 6.15. The number of rotatable bonds is 3. The van der Waals surface area contributed by atoms with Gasteiger partial charge < -0.3 is 0 Å². The zero-order chi connectivity index (χ0) is 13.4. The molecule has 0 aromatic heterocycles. The number of benzene rings is 2. The third-order valence-corrected chi connectivity index (χ3v) is 5.01. The molecule has 2 aromatic carbocycles. The molecule has 2 heterocycles. The predicted molar refractivity (Wildman–Crippen MR) is 82.9 cm³/mol. The summed E-state index contributed by atoms with van der Waals surface area (Å²) < 4.78 is 0. The van der Waals surface area contributed by atoms with Gasteiger partial charge in [0.25, 0.3) is 0 Å². The van der Waals surface area contributed by atoms with Gasteiger partial charge in [0.2, 0.25) is 0 Å². The Morgan fingerprint density at radius 1 is 0.850 bits per heavy atom. The van der Waals surface area contributed by atoms with E-state index >= 15 is 0 Å². The van der Waals surface area contributed by atoms with Crippen molar-refractivity contribution in [1.29, 1.82) is 0 Å². The lowest BCUT2D eigenvalue weighted by molar-refractivity contribution is 0.114. The van der Waals surface area contributed by atoms with Crippen LogP contribution in [0.3, 0.4) is 0 Å². The Hall–Kier alpha value is -1.60. The Balaban J connectivity index is 1.52. The average Bonchev–Trinajstić information content (AvgIpc) is 2.55. The average molecular weight is 263 g/mol. The lowest BCUT2D eigenvalue weighted by Crippen LogP contribution is -2.43. The molecule has 2 aliphatic heterocycles. The summed E-state index contributed by atoms with van der Waals surface area (Å²) >= 11 is 0. The summed E-state index contributed by atoms with van der Waals surface area (Å²) in [4.78, 5) is 2.71. The highest BCUT2D eigenvalue weighted by atomic mass is 15.2. The summed E-state index contributed by atoms with van der Waals surface area (Å²) in [6.07, 6.45) is 3.90. The normalized spacial score (nSPS) is 24.6. The summed E-state index contributed by atoms with van der Waals surface area (Å²) in [5.41, 5.74) is 4.69. The van der Waals surface area contributed by atoms with Crippen molar-refractivity contribution in [1.82, 2.24) is 4.90 Å². The van der Waals surface area contributed by atoms with E-state index in [2.05, 4.69) is 59.5 Å². The number of fused-ring (bicyclic) bond motifs is 2. The van der Waals surface area contributed by atoms with Crippen molar-refractivity contribution < 1.29 is 0 Å². The number of hydrogen-bond acceptors (Lipinski definition) is 1. The highest BCUT2D eigenvalue weighted by Crippen LogP contribution is 2.46. The molecule has 1 aliphatic carbocycles. The van der Waals surface area contributed by atoms with Crippen LogP contribution in [0.15, 0.2) is 54.6 Å². The Labute approximate surface area is 121 Å². The van der Waals surface area contributed by atoms with Crippen molar-refractivity contribution in [3.63, 3.8) is 0 Å². The van der Waals surface area contributed by atoms with Crippen LogP contribution in [-0.4, -0.2) is 18.0 Å². The van der Waals surface area contributed by atoms with E-state index in [9.17, 15) is 0 Å². The molecular formula is C19H21N. The van der Waals surface area contributed by atoms with Crippen LogP contribution in [0.4, 0.5) is 0 Å². The van der Waals surface area contributed by atoms with Crippen LogP contribution >= 0.6 is 0 Å². The topological polar surface area (TPSA) is 3.24 Å². The number of piperidine rings is 1. The van der Waals surface area contributed by atoms with E-state index in [0.29, 0.717) is 6.04 Å². The van der Waals surface area contributed by atoms with Gasteiger partial charge in [-0.1, -0.05) is 54.6 Å². The summed E-state index contributed by atoms with van der Waals surface area (Å²) in [7, 11) is 0. The van der Waals surface area contributed by atoms with Crippen LogP contribution in [0.2, 0.25) is 0 Å². The molecule has 1 saturated heterocycles. The molecule has 1 fully saturated rings. The highest BCUT2D eigenvalue weighted by molar-refractivity contribution is 5.38. The van der Waals surface area contributed by atoms with Gasteiger partial charge >= 0.3 is 0 Å². The molecule has 1 nitrogen and oxygen atoms in total. The first-order chi connectivity index (χ1) is 9.92. The van der Waals surface area contributed by atoms with Crippen LogP contribution in [0.1, 0.15) is 41.5 Å². The lowest BCUT2D eigenvalue weighted by atomic mass is 9.75. The molecule has 2 aromatic rings. The smallest absolute Gasteiger partial charge is 0.0351 e. The van der Waals surface area contributed by atoms with Crippen LogP contribution in [0, 0.1) is 0 Å². The molecule has 0 saturated carbocycles. The Bertz CT molecular complexity index is 590. The fourth-order valence-corrected chi connectivity index (χ4v) is 4.00. The van der Waals surface area contributed by atoms with Gasteiger partial charge in [0.05, 0.1) is 0 Å². The summed E-state index contributed by atoms with van der Waals surface area (Å²) in [6.45, 7) is 2.45. The summed E-state index contributed by atoms with van der Waals surface area (Å²) in [6, 6.07) is 20.7. The first-order valence-electron chi connectivity index (χ1n) is 7.78. The molecule has 0 spiro atoms. The molecule has 2 bridgehead atoms. The van der Waals surface area contributed by atoms with Crippen molar-refractivity contribution in [2.24, 2.45) is 0 Å². The van der Waals surface area contributed by atoms with E-state index < -0.39 is 0 Å². The van der Waals surface area contributed by atoms with Crippen molar-refractivity contribution in [2.45, 2.75) is 31.2 Å². The monoisotopic (exact) mass is 263 g/mol. The first-order valence-corrected chi connectivity index (χ1v) is 7.78. The minimum absolute atomic E-state index is 0.667. The maximum atomic E-state index is 2.71. The zero-order valence-electron chi connectivity index (χ0n) is 11.8. The maximum absolute atomic E-state index is 2.71. The summed E-state index contributed by atoms with van der Waals surface area (Å²) in [5.74, 6) is 0.770. The van der Waals surface area contributed by atoms with E-state index in [1.807, 2.05) is 0 Å². The van der Waals surface area contributed by atoms with Crippen molar-refractivity contribution in [2.75, 3.05) is 13.1 Å². The molecule has 0 radical (unpaired) electrons. The quantitative estimate of drug-likeness (QED) is 0.803. The summed E-state index contributed by atoms with van der Waals surface area (Å²) in [5, 5.41) is 0. The van der Waals surface area contributed by atoms with Gasteiger partial charge in [-0.25, -0.2) is 0 Å². The predicted octanol–water partition coefficient (Wildman–Crippen LogP) is 4.16. The SMILES string of the molecule is c1ccc(CCN2C[C@@H]3CC[C@H]2c2ccccc23)cc1. The minimum Gasteiger partial charge on any atom is -0.295 e. The van der Waals surface area contributed by atoms with Gasteiger partial charge in [0.1, 0.15) is 0 Å². The molecule has 20 heavy (non-hydrogen) atoms. The van der Waals surface area contributed by atoms with Gasteiger partial charge in [-0.3, -0.25) is 4.90 Å². The van der Waals surface area contributed by atoms with Gasteiger partial charge in [0, 0.05) is 19.1 Å². The largest absolute Gasteiger partial charge is 0.295 e. The van der Waals surface area contributed by atoms with Crippen LogP contribution in [0.5, 0.6) is 0 Å².